The highest BCUT2D eigenvalue weighted by atomic mass is 15.2. The number of hydrogen-bond acceptors (Lipinski definition) is 2. The van der Waals surface area contributed by atoms with E-state index in [0.717, 1.165) is 11.4 Å². The van der Waals surface area contributed by atoms with Crippen LogP contribution in [0.25, 0.3) is 0 Å². The normalized spacial score (nSPS) is 11.9. The van der Waals surface area contributed by atoms with E-state index >= 15 is 0 Å². The first-order chi connectivity index (χ1) is 7.77. The minimum absolute atomic E-state index is 1.03. The topological polar surface area (TPSA) is 34.6 Å². The maximum Gasteiger partial charge on any atom is 0.0732 e. The van der Waals surface area contributed by atoms with Gasteiger partial charge in [0.25, 0.3) is 0 Å². The van der Waals surface area contributed by atoms with E-state index in [9.17, 15) is 0 Å². The lowest BCUT2D eigenvalue weighted by Gasteiger charge is -1.94. The van der Waals surface area contributed by atoms with Crippen molar-refractivity contribution in [2.75, 3.05) is 0 Å². The Hall–Kier alpha value is -2.10. The summed E-state index contributed by atoms with van der Waals surface area (Å²) in [5.41, 5.74) is 2.06. The molecule has 0 radical (unpaired) electrons. The van der Waals surface area contributed by atoms with Gasteiger partial charge in [-0.2, -0.15) is 10.2 Å². The van der Waals surface area contributed by atoms with Crippen LogP contribution < -0.4 is 0 Å². The molecular weight excluding hydrogens is 200 g/mol. The molecule has 16 heavy (non-hydrogen) atoms. The van der Waals surface area contributed by atoms with Gasteiger partial charge in [0.2, 0.25) is 0 Å². The van der Waals surface area contributed by atoms with E-state index in [-0.39, 0.29) is 0 Å². The summed E-state index contributed by atoms with van der Waals surface area (Å²) in [5.74, 6) is 0. The Kier molecular flexibility index (Phi) is 3.00. The van der Waals surface area contributed by atoms with E-state index in [1.807, 2.05) is 59.9 Å². The van der Waals surface area contributed by atoms with Gasteiger partial charge in [-0.3, -0.25) is 0 Å². The van der Waals surface area contributed by atoms with Crippen LogP contribution in [-0.4, -0.2) is 21.6 Å². The zero-order valence-corrected chi connectivity index (χ0v) is 9.41. The number of aryl methyl sites for hydroxylation is 2. The van der Waals surface area contributed by atoms with Gasteiger partial charge in [0, 0.05) is 26.5 Å². The predicted octanol–water partition coefficient (Wildman–Crippen LogP) is 1.82. The van der Waals surface area contributed by atoms with E-state index in [1.54, 1.807) is 12.4 Å². The minimum Gasteiger partial charge on any atom is -0.350 e. The molecule has 2 aromatic heterocycles. The maximum absolute atomic E-state index is 4.00. The van der Waals surface area contributed by atoms with Crippen molar-refractivity contribution in [3.05, 3.63) is 48.0 Å². The maximum atomic E-state index is 4.00. The van der Waals surface area contributed by atoms with Crippen molar-refractivity contribution < 1.29 is 0 Å². The zero-order chi connectivity index (χ0) is 11.4. The molecule has 0 aliphatic carbocycles. The first kappa shape index (κ1) is 10.4. The van der Waals surface area contributed by atoms with Gasteiger partial charge in [-0.25, -0.2) is 0 Å². The molecule has 0 aromatic carbocycles. The summed E-state index contributed by atoms with van der Waals surface area (Å²) in [5, 5.41) is 8.00. The molecule has 2 heterocycles. The van der Waals surface area contributed by atoms with Gasteiger partial charge >= 0.3 is 0 Å². The molecular formula is C12H14N4. The fourth-order valence-electron chi connectivity index (χ4n) is 1.40. The highest BCUT2D eigenvalue weighted by molar-refractivity contribution is 5.80. The smallest absolute Gasteiger partial charge is 0.0732 e. The van der Waals surface area contributed by atoms with Crippen LogP contribution in [0.5, 0.6) is 0 Å². The van der Waals surface area contributed by atoms with Gasteiger partial charge in [-0.05, 0) is 24.3 Å². The second-order valence-corrected chi connectivity index (χ2v) is 3.58. The van der Waals surface area contributed by atoms with Crippen LogP contribution >= 0.6 is 0 Å². The number of hydrogen-bond donors (Lipinski definition) is 0. The summed E-state index contributed by atoms with van der Waals surface area (Å²) in [7, 11) is 3.95. The fourth-order valence-corrected chi connectivity index (χ4v) is 1.40. The second-order valence-electron chi connectivity index (χ2n) is 3.58. The van der Waals surface area contributed by atoms with Crippen molar-refractivity contribution in [3.8, 4) is 0 Å². The third-order valence-electron chi connectivity index (χ3n) is 2.41. The molecule has 0 fully saturated rings. The highest BCUT2D eigenvalue weighted by Gasteiger charge is 1.91. The molecule has 2 aromatic rings. The monoisotopic (exact) mass is 214 g/mol. The molecule has 2 rings (SSSR count). The molecule has 0 saturated heterocycles. The van der Waals surface area contributed by atoms with Gasteiger partial charge < -0.3 is 9.13 Å². The van der Waals surface area contributed by atoms with Crippen molar-refractivity contribution in [2.45, 2.75) is 0 Å². The third kappa shape index (κ3) is 2.28. The number of aromatic nitrogens is 2. The molecule has 0 amide bonds. The predicted molar refractivity (Wildman–Crippen MR) is 66.0 cm³/mol. The lowest BCUT2D eigenvalue weighted by molar-refractivity contribution is 0.914. The van der Waals surface area contributed by atoms with Crippen molar-refractivity contribution in [2.24, 2.45) is 24.3 Å². The zero-order valence-electron chi connectivity index (χ0n) is 9.41. The standard InChI is InChI=1S/C12H14N4/c1-15-7-3-5-11(15)9-13-14-10-12-6-4-8-16(12)2/h3-10H,1-2H3/b13-9+,14-10+. The van der Waals surface area contributed by atoms with Crippen LogP contribution in [0.3, 0.4) is 0 Å². The Morgan fingerprint density at radius 2 is 1.31 bits per heavy atom. The molecule has 4 heteroatoms. The molecule has 0 spiro atoms. The summed E-state index contributed by atoms with van der Waals surface area (Å²) in [6.07, 6.45) is 7.42. The third-order valence-corrected chi connectivity index (χ3v) is 2.41. The van der Waals surface area contributed by atoms with Crippen molar-refractivity contribution in [1.29, 1.82) is 0 Å². The molecule has 0 unspecified atom stereocenters. The average Bonchev–Trinajstić information content (AvgIpc) is 2.84. The van der Waals surface area contributed by atoms with E-state index in [4.69, 9.17) is 0 Å². The molecule has 4 nitrogen and oxygen atoms in total. The van der Waals surface area contributed by atoms with Gasteiger partial charge in [0.15, 0.2) is 0 Å². The summed E-state index contributed by atoms with van der Waals surface area (Å²) >= 11 is 0. The second kappa shape index (κ2) is 4.61. The first-order valence-corrected chi connectivity index (χ1v) is 5.06. The Morgan fingerprint density at radius 1 is 0.875 bits per heavy atom. The molecule has 0 saturated carbocycles. The van der Waals surface area contributed by atoms with Gasteiger partial charge in [-0.15, -0.1) is 0 Å². The van der Waals surface area contributed by atoms with Gasteiger partial charge in [0.05, 0.1) is 23.8 Å². The molecule has 0 N–H and O–H groups in total. The van der Waals surface area contributed by atoms with Gasteiger partial charge in [0.1, 0.15) is 0 Å². The Labute approximate surface area is 94.5 Å². The minimum atomic E-state index is 1.03. The van der Waals surface area contributed by atoms with Gasteiger partial charge in [-0.1, -0.05) is 0 Å². The molecule has 0 aliphatic rings. The van der Waals surface area contributed by atoms with Crippen molar-refractivity contribution >= 4 is 12.4 Å². The lowest BCUT2D eigenvalue weighted by atomic mass is 10.5. The molecule has 0 bridgehead atoms. The number of nitrogens with zero attached hydrogens (tertiary/aromatic N) is 4. The quantitative estimate of drug-likeness (QED) is 0.552. The van der Waals surface area contributed by atoms with Crippen LogP contribution in [0.1, 0.15) is 11.4 Å². The first-order valence-electron chi connectivity index (χ1n) is 5.06. The highest BCUT2D eigenvalue weighted by Crippen LogP contribution is 1.97. The molecule has 0 atom stereocenters. The van der Waals surface area contributed by atoms with E-state index < -0.39 is 0 Å². The van der Waals surface area contributed by atoms with Crippen molar-refractivity contribution in [1.82, 2.24) is 9.13 Å². The Morgan fingerprint density at radius 3 is 1.62 bits per heavy atom. The summed E-state index contributed by atoms with van der Waals surface area (Å²) < 4.78 is 3.98. The molecule has 82 valence electrons. The summed E-state index contributed by atoms with van der Waals surface area (Å²) in [6, 6.07) is 7.92. The van der Waals surface area contributed by atoms with E-state index in [0.29, 0.717) is 0 Å². The summed E-state index contributed by atoms with van der Waals surface area (Å²) in [6.45, 7) is 0. The van der Waals surface area contributed by atoms with Crippen LogP contribution in [0.2, 0.25) is 0 Å². The SMILES string of the molecule is Cn1cccc1/C=N/N=C/c1cccn1C. The molecule has 0 aliphatic heterocycles. The van der Waals surface area contributed by atoms with Crippen LogP contribution in [0, 0.1) is 0 Å². The Balaban J connectivity index is 2.03. The summed E-state index contributed by atoms with van der Waals surface area (Å²) in [4.78, 5) is 0. The van der Waals surface area contributed by atoms with Crippen molar-refractivity contribution in [3.63, 3.8) is 0 Å². The van der Waals surface area contributed by atoms with E-state index in [1.165, 1.54) is 0 Å². The number of rotatable bonds is 3. The fraction of sp³-hybridized carbons (Fsp3) is 0.167. The van der Waals surface area contributed by atoms with E-state index in [2.05, 4.69) is 10.2 Å². The largest absolute Gasteiger partial charge is 0.350 e. The average molecular weight is 214 g/mol. The lowest BCUT2D eigenvalue weighted by Crippen LogP contribution is -1.93. The van der Waals surface area contributed by atoms with Crippen LogP contribution in [0.15, 0.2) is 46.9 Å². The Bertz CT molecular complexity index is 468. The van der Waals surface area contributed by atoms with Crippen LogP contribution in [0.4, 0.5) is 0 Å². The van der Waals surface area contributed by atoms with Crippen LogP contribution in [-0.2, 0) is 14.1 Å².